The van der Waals surface area contributed by atoms with Crippen molar-refractivity contribution in [2.75, 3.05) is 6.26 Å². The molecule has 0 heterocycles. The van der Waals surface area contributed by atoms with E-state index in [9.17, 15) is 13.2 Å². The van der Waals surface area contributed by atoms with E-state index >= 15 is 0 Å². The highest BCUT2D eigenvalue weighted by atomic mass is 35.5. The fourth-order valence-corrected chi connectivity index (χ4v) is 2.23. The lowest BCUT2D eigenvalue weighted by Gasteiger charge is -2.04. The van der Waals surface area contributed by atoms with E-state index in [0.29, 0.717) is 0 Å². The molecule has 0 saturated heterocycles. The van der Waals surface area contributed by atoms with Crippen LogP contribution in [0.2, 0.25) is 5.02 Å². The molecule has 0 atom stereocenters. The molecule has 0 aliphatic heterocycles. The molecular weight excluding hydrogens is 228 g/mol. The summed E-state index contributed by atoms with van der Waals surface area (Å²) in [5.41, 5.74) is -0.378. The molecule has 0 aliphatic carbocycles. The van der Waals surface area contributed by atoms with Gasteiger partial charge in [-0.15, -0.1) is 0 Å². The predicted molar refractivity (Wildman–Crippen MR) is 51.5 cm³/mol. The highest BCUT2D eigenvalue weighted by Gasteiger charge is 2.20. The summed E-state index contributed by atoms with van der Waals surface area (Å²) in [6.45, 7) is 0. The summed E-state index contributed by atoms with van der Waals surface area (Å²) in [5.74, 6) is -1.35. The maximum Gasteiger partial charge on any atom is 0.338 e. The average Bonchev–Trinajstić information content (AvgIpc) is 2.01. The molecule has 0 bridgehead atoms. The highest BCUT2D eigenvalue weighted by molar-refractivity contribution is 7.90. The van der Waals surface area contributed by atoms with Crippen LogP contribution < -0.4 is 0 Å². The summed E-state index contributed by atoms with van der Waals surface area (Å²) < 4.78 is 22.4. The number of hydrogen-bond donors (Lipinski definition) is 1. The van der Waals surface area contributed by atoms with Crippen molar-refractivity contribution < 1.29 is 18.3 Å². The normalized spacial score (nSPS) is 11.3. The number of aromatic carboxylic acids is 1. The van der Waals surface area contributed by atoms with Crippen molar-refractivity contribution in [1.29, 1.82) is 0 Å². The van der Waals surface area contributed by atoms with Crippen LogP contribution in [0.4, 0.5) is 0 Å². The van der Waals surface area contributed by atoms with Gasteiger partial charge in [-0.25, -0.2) is 13.2 Å². The van der Waals surface area contributed by atoms with Gasteiger partial charge < -0.3 is 5.11 Å². The van der Waals surface area contributed by atoms with Gasteiger partial charge in [0.15, 0.2) is 9.84 Å². The Balaban J connectivity index is 3.61. The first-order chi connectivity index (χ1) is 6.34. The summed E-state index contributed by atoms with van der Waals surface area (Å²) >= 11 is 5.59. The Hall–Kier alpha value is -1.07. The molecule has 0 aromatic heterocycles. The Morgan fingerprint density at radius 2 is 2.00 bits per heavy atom. The maximum absolute atomic E-state index is 11.2. The standard InChI is InChI=1S/C8H7ClO4S/c1-14(12,13)6-4-2-3-5(9)7(6)8(10)11/h2-4H,1H3,(H,10,11). The molecule has 1 rings (SSSR count). The second-order valence-corrected chi connectivity index (χ2v) is 5.08. The average molecular weight is 235 g/mol. The van der Waals surface area contributed by atoms with Crippen molar-refractivity contribution in [3.8, 4) is 0 Å². The molecule has 0 aliphatic rings. The molecule has 1 aromatic rings. The fraction of sp³-hybridized carbons (Fsp3) is 0.125. The number of halogens is 1. The lowest BCUT2D eigenvalue weighted by molar-refractivity contribution is 0.0693. The predicted octanol–water partition coefficient (Wildman–Crippen LogP) is 1.44. The van der Waals surface area contributed by atoms with Gasteiger partial charge in [0.05, 0.1) is 15.5 Å². The first-order valence-electron chi connectivity index (χ1n) is 3.56. The van der Waals surface area contributed by atoms with Crippen LogP contribution in [0.15, 0.2) is 23.1 Å². The molecule has 14 heavy (non-hydrogen) atoms. The molecule has 4 nitrogen and oxygen atoms in total. The number of sulfone groups is 1. The molecule has 1 aromatic carbocycles. The maximum atomic E-state index is 11.2. The molecular formula is C8H7ClO4S. The van der Waals surface area contributed by atoms with Gasteiger partial charge in [-0.2, -0.15) is 0 Å². The second kappa shape index (κ2) is 3.59. The number of benzene rings is 1. The lowest BCUT2D eigenvalue weighted by atomic mass is 10.2. The zero-order valence-corrected chi connectivity index (χ0v) is 8.76. The van der Waals surface area contributed by atoms with Crippen molar-refractivity contribution in [2.24, 2.45) is 0 Å². The van der Waals surface area contributed by atoms with Crippen LogP contribution in [0, 0.1) is 0 Å². The third-order valence-electron chi connectivity index (χ3n) is 1.59. The minimum atomic E-state index is -3.57. The SMILES string of the molecule is CS(=O)(=O)c1cccc(Cl)c1C(=O)O. The van der Waals surface area contributed by atoms with Gasteiger partial charge in [-0.3, -0.25) is 0 Å². The smallest absolute Gasteiger partial charge is 0.338 e. The van der Waals surface area contributed by atoms with E-state index in [0.717, 1.165) is 6.26 Å². The quantitative estimate of drug-likeness (QED) is 0.841. The van der Waals surface area contributed by atoms with E-state index in [1.165, 1.54) is 18.2 Å². The molecule has 0 radical (unpaired) electrons. The van der Waals surface area contributed by atoms with Gasteiger partial charge >= 0.3 is 5.97 Å². The summed E-state index contributed by atoms with van der Waals surface area (Å²) in [4.78, 5) is 10.5. The van der Waals surface area contributed by atoms with Crippen LogP contribution in [0.3, 0.4) is 0 Å². The Kier molecular flexibility index (Phi) is 2.82. The van der Waals surface area contributed by atoms with Crippen LogP contribution in [-0.4, -0.2) is 25.7 Å². The van der Waals surface area contributed by atoms with Gasteiger partial charge in [0, 0.05) is 6.26 Å². The fourth-order valence-electron chi connectivity index (χ4n) is 1.02. The summed E-state index contributed by atoms with van der Waals surface area (Å²) in [6.07, 6.45) is 0.936. The summed E-state index contributed by atoms with van der Waals surface area (Å²) in [6, 6.07) is 3.94. The van der Waals surface area contributed by atoms with E-state index in [4.69, 9.17) is 16.7 Å². The molecule has 76 valence electrons. The van der Waals surface area contributed by atoms with Crippen LogP contribution in [-0.2, 0) is 9.84 Å². The molecule has 0 saturated carbocycles. The number of carboxylic acids is 1. The second-order valence-electron chi connectivity index (χ2n) is 2.69. The van der Waals surface area contributed by atoms with Gasteiger partial charge in [0.1, 0.15) is 0 Å². The van der Waals surface area contributed by atoms with E-state index in [2.05, 4.69) is 0 Å². The Morgan fingerprint density at radius 3 is 2.36 bits per heavy atom. The Morgan fingerprint density at radius 1 is 1.43 bits per heavy atom. The van der Waals surface area contributed by atoms with Crippen LogP contribution in [0.25, 0.3) is 0 Å². The van der Waals surface area contributed by atoms with E-state index < -0.39 is 15.8 Å². The number of hydrogen-bond acceptors (Lipinski definition) is 3. The van der Waals surface area contributed by atoms with Crippen molar-refractivity contribution in [3.63, 3.8) is 0 Å². The zero-order valence-electron chi connectivity index (χ0n) is 7.19. The minimum absolute atomic E-state index is 0.0829. The molecule has 6 heteroatoms. The van der Waals surface area contributed by atoms with Crippen LogP contribution in [0.1, 0.15) is 10.4 Å². The molecule has 0 amide bonds. The van der Waals surface area contributed by atoms with Crippen molar-refractivity contribution >= 4 is 27.4 Å². The number of carbonyl (C=O) groups is 1. The monoisotopic (exact) mass is 234 g/mol. The lowest BCUT2D eigenvalue weighted by Crippen LogP contribution is -2.08. The summed E-state index contributed by atoms with van der Waals surface area (Å²) in [7, 11) is -3.57. The molecule has 0 fully saturated rings. The van der Waals surface area contributed by atoms with E-state index in [-0.39, 0.29) is 15.5 Å². The van der Waals surface area contributed by atoms with E-state index in [1.54, 1.807) is 0 Å². The Bertz CT molecular complexity index is 478. The summed E-state index contributed by atoms with van der Waals surface area (Å²) in [5, 5.41) is 8.68. The van der Waals surface area contributed by atoms with E-state index in [1.807, 2.05) is 0 Å². The topological polar surface area (TPSA) is 71.4 Å². The van der Waals surface area contributed by atoms with Gasteiger partial charge in [0.25, 0.3) is 0 Å². The van der Waals surface area contributed by atoms with Crippen LogP contribution in [0.5, 0.6) is 0 Å². The Labute approximate surface area is 86.0 Å². The van der Waals surface area contributed by atoms with Gasteiger partial charge in [-0.05, 0) is 12.1 Å². The first-order valence-corrected chi connectivity index (χ1v) is 5.83. The number of carboxylic acid groups (broad SMARTS) is 1. The van der Waals surface area contributed by atoms with Crippen molar-refractivity contribution in [1.82, 2.24) is 0 Å². The molecule has 0 unspecified atom stereocenters. The van der Waals surface area contributed by atoms with Crippen molar-refractivity contribution in [3.05, 3.63) is 28.8 Å². The minimum Gasteiger partial charge on any atom is -0.478 e. The highest BCUT2D eigenvalue weighted by Crippen LogP contribution is 2.23. The zero-order chi connectivity index (χ0) is 10.9. The number of rotatable bonds is 2. The van der Waals surface area contributed by atoms with Crippen molar-refractivity contribution in [2.45, 2.75) is 4.90 Å². The molecule has 0 spiro atoms. The van der Waals surface area contributed by atoms with Gasteiger partial charge in [0.2, 0.25) is 0 Å². The van der Waals surface area contributed by atoms with Gasteiger partial charge in [-0.1, -0.05) is 17.7 Å². The third-order valence-corrected chi connectivity index (χ3v) is 3.04. The van der Waals surface area contributed by atoms with Crippen LogP contribution >= 0.6 is 11.6 Å². The first kappa shape index (κ1) is 11.0. The largest absolute Gasteiger partial charge is 0.478 e. The molecule has 1 N–H and O–H groups in total. The third kappa shape index (κ3) is 2.05.